The molecule has 25 heavy (non-hydrogen) atoms. The quantitative estimate of drug-likeness (QED) is 0.394. The van der Waals surface area contributed by atoms with E-state index in [0.29, 0.717) is 6.61 Å². The normalized spacial score (nSPS) is 11.8. The lowest BCUT2D eigenvalue weighted by Gasteiger charge is -2.13. The summed E-state index contributed by atoms with van der Waals surface area (Å²) in [7, 11) is 1.56. The van der Waals surface area contributed by atoms with Gasteiger partial charge in [-0.15, -0.1) is 0 Å². The highest BCUT2D eigenvalue weighted by Crippen LogP contribution is 2.24. The molecular formula is C22H27NO2. The Bertz CT molecular complexity index is 735. The molecule has 0 N–H and O–H groups in total. The zero-order valence-corrected chi connectivity index (χ0v) is 15.8. The van der Waals surface area contributed by atoms with E-state index in [-0.39, 0.29) is 0 Å². The number of ether oxygens (including phenoxy) is 1. The SMILES string of the molecule is C/C=C/COc1cc(C)c(Cc2ccc(C(C)=NOC)cc2)c(C)c1. The van der Waals surface area contributed by atoms with Gasteiger partial charge in [0, 0.05) is 0 Å². The number of benzene rings is 2. The smallest absolute Gasteiger partial charge is 0.120 e. The van der Waals surface area contributed by atoms with Gasteiger partial charge in [-0.3, -0.25) is 0 Å². The Morgan fingerprint density at radius 2 is 1.72 bits per heavy atom. The Hall–Kier alpha value is -2.55. The van der Waals surface area contributed by atoms with Crippen LogP contribution < -0.4 is 4.74 Å². The molecule has 0 aliphatic rings. The van der Waals surface area contributed by atoms with Crippen LogP contribution in [-0.4, -0.2) is 19.4 Å². The third kappa shape index (κ3) is 5.21. The second-order valence-corrected chi connectivity index (χ2v) is 6.15. The number of hydrogen-bond acceptors (Lipinski definition) is 3. The standard InChI is InChI=1S/C22H27NO2/c1-6-7-12-25-21-13-16(2)22(17(3)14-21)15-19-8-10-20(11-9-19)18(4)23-24-5/h6-11,13-14H,12,15H2,1-5H3/b7-6+,23-18?. The number of rotatable bonds is 7. The van der Waals surface area contributed by atoms with Gasteiger partial charge in [-0.1, -0.05) is 41.6 Å². The highest BCUT2D eigenvalue weighted by Gasteiger charge is 2.08. The van der Waals surface area contributed by atoms with Gasteiger partial charge in [0.05, 0.1) is 5.71 Å². The summed E-state index contributed by atoms with van der Waals surface area (Å²) < 4.78 is 5.77. The second-order valence-electron chi connectivity index (χ2n) is 6.15. The van der Waals surface area contributed by atoms with Crippen LogP contribution in [0.5, 0.6) is 5.75 Å². The van der Waals surface area contributed by atoms with Crippen LogP contribution >= 0.6 is 0 Å². The minimum absolute atomic E-state index is 0.610. The second kappa shape index (κ2) is 9.07. The molecular weight excluding hydrogens is 310 g/mol. The van der Waals surface area contributed by atoms with Gasteiger partial charge in [0.15, 0.2) is 0 Å². The first-order valence-corrected chi connectivity index (χ1v) is 8.56. The van der Waals surface area contributed by atoms with Crippen molar-refractivity contribution in [2.24, 2.45) is 5.16 Å². The molecule has 0 heterocycles. The van der Waals surface area contributed by atoms with E-state index in [2.05, 4.69) is 55.4 Å². The van der Waals surface area contributed by atoms with Gasteiger partial charge in [-0.2, -0.15) is 0 Å². The van der Waals surface area contributed by atoms with Crippen molar-refractivity contribution < 1.29 is 9.57 Å². The maximum Gasteiger partial charge on any atom is 0.120 e. The van der Waals surface area contributed by atoms with E-state index in [1.54, 1.807) is 7.11 Å². The fourth-order valence-electron chi connectivity index (χ4n) is 2.81. The molecule has 0 aliphatic carbocycles. The minimum atomic E-state index is 0.610. The summed E-state index contributed by atoms with van der Waals surface area (Å²) in [5.41, 5.74) is 7.11. The molecule has 0 spiro atoms. The van der Waals surface area contributed by atoms with Gasteiger partial charge in [-0.25, -0.2) is 0 Å². The van der Waals surface area contributed by atoms with Crippen LogP contribution in [0.15, 0.2) is 53.7 Å². The number of aryl methyl sites for hydroxylation is 2. The summed E-state index contributed by atoms with van der Waals surface area (Å²) in [5.74, 6) is 0.929. The molecule has 0 amide bonds. The highest BCUT2D eigenvalue weighted by molar-refractivity contribution is 5.98. The number of oxime groups is 1. The molecule has 3 nitrogen and oxygen atoms in total. The maximum atomic E-state index is 5.77. The highest BCUT2D eigenvalue weighted by atomic mass is 16.6. The topological polar surface area (TPSA) is 30.8 Å². The predicted octanol–water partition coefficient (Wildman–Crippen LogP) is 5.22. The average molecular weight is 337 g/mol. The Kier molecular flexibility index (Phi) is 6.81. The van der Waals surface area contributed by atoms with Crippen LogP contribution in [0, 0.1) is 13.8 Å². The Morgan fingerprint density at radius 1 is 1.08 bits per heavy atom. The Labute approximate surface area is 151 Å². The monoisotopic (exact) mass is 337 g/mol. The van der Waals surface area contributed by atoms with Gasteiger partial charge in [0.2, 0.25) is 0 Å². The summed E-state index contributed by atoms with van der Waals surface area (Å²) >= 11 is 0. The van der Waals surface area contributed by atoms with E-state index in [1.165, 1.54) is 22.3 Å². The number of allylic oxidation sites excluding steroid dienone is 1. The molecule has 0 radical (unpaired) electrons. The molecule has 0 fully saturated rings. The van der Waals surface area contributed by atoms with Crippen LogP contribution in [0.25, 0.3) is 0 Å². The van der Waals surface area contributed by atoms with Gasteiger partial charge in [0.25, 0.3) is 0 Å². The van der Waals surface area contributed by atoms with Crippen molar-refractivity contribution in [3.63, 3.8) is 0 Å². The summed E-state index contributed by atoms with van der Waals surface area (Å²) in [5, 5.41) is 3.97. The molecule has 0 saturated heterocycles. The van der Waals surface area contributed by atoms with Crippen molar-refractivity contribution in [3.8, 4) is 5.75 Å². The number of hydrogen-bond donors (Lipinski definition) is 0. The van der Waals surface area contributed by atoms with E-state index >= 15 is 0 Å². The molecule has 0 atom stereocenters. The molecule has 2 aromatic carbocycles. The van der Waals surface area contributed by atoms with Crippen molar-refractivity contribution in [3.05, 3.63) is 76.4 Å². The molecule has 2 aromatic rings. The third-order valence-corrected chi connectivity index (χ3v) is 4.23. The molecule has 2 rings (SSSR count). The van der Waals surface area contributed by atoms with Crippen molar-refractivity contribution in [1.29, 1.82) is 0 Å². The lowest BCUT2D eigenvalue weighted by molar-refractivity contribution is 0.213. The fourth-order valence-corrected chi connectivity index (χ4v) is 2.81. The lowest BCUT2D eigenvalue weighted by atomic mass is 9.95. The van der Waals surface area contributed by atoms with Crippen LogP contribution in [0.3, 0.4) is 0 Å². The van der Waals surface area contributed by atoms with Crippen molar-refractivity contribution >= 4 is 5.71 Å². The lowest BCUT2D eigenvalue weighted by Crippen LogP contribution is -2.00. The van der Waals surface area contributed by atoms with Gasteiger partial charge in [0.1, 0.15) is 19.5 Å². The van der Waals surface area contributed by atoms with E-state index < -0.39 is 0 Å². The Morgan fingerprint density at radius 3 is 2.28 bits per heavy atom. The van der Waals surface area contributed by atoms with Crippen molar-refractivity contribution in [1.82, 2.24) is 0 Å². The molecule has 0 unspecified atom stereocenters. The van der Waals surface area contributed by atoms with Crippen LogP contribution in [0.1, 0.15) is 41.7 Å². The average Bonchev–Trinajstić information content (AvgIpc) is 2.59. The fraction of sp³-hybridized carbons (Fsp3) is 0.318. The minimum Gasteiger partial charge on any atom is -0.490 e. The molecule has 0 saturated carbocycles. The van der Waals surface area contributed by atoms with Crippen LogP contribution in [-0.2, 0) is 11.3 Å². The van der Waals surface area contributed by atoms with Gasteiger partial charge in [-0.05, 0) is 74.1 Å². The Balaban J connectivity index is 2.15. The molecule has 3 heteroatoms. The first-order valence-electron chi connectivity index (χ1n) is 8.56. The number of nitrogens with zero attached hydrogens (tertiary/aromatic N) is 1. The summed E-state index contributed by atoms with van der Waals surface area (Å²) in [4.78, 5) is 4.83. The van der Waals surface area contributed by atoms with Crippen LogP contribution in [0.2, 0.25) is 0 Å². The summed E-state index contributed by atoms with van der Waals surface area (Å²) in [6, 6.07) is 12.7. The molecule has 0 aliphatic heterocycles. The van der Waals surface area contributed by atoms with Crippen LogP contribution in [0.4, 0.5) is 0 Å². The van der Waals surface area contributed by atoms with E-state index in [1.807, 2.05) is 26.0 Å². The van der Waals surface area contributed by atoms with E-state index in [4.69, 9.17) is 9.57 Å². The van der Waals surface area contributed by atoms with Crippen molar-refractivity contribution in [2.75, 3.05) is 13.7 Å². The zero-order valence-electron chi connectivity index (χ0n) is 15.8. The zero-order chi connectivity index (χ0) is 18.2. The first kappa shape index (κ1) is 18.8. The maximum absolute atomic E-state index is 5.77. The molecule has 132 valence electrons. The molecule has 0 bridgehead atoms. The largest absolute Gasteiger partial charge is 0.490 e. The van der Waals surface area contributed by atoms with Gasteiger partial charge >= 0.3 is 0 Å². The first-order chi connectivity index (χ1) is 12.0. The van der Waals surface area contributed by atoms with E-state index in [0.717, 1.165) is 23.4 Å². The summed E-state index contributed by atoms with van der Waals surface area (Å²) in [6.45, 7) is 8.85. The third-order valence-electron chi connectivity index (χ3n) is 4.23. The van der Waals surface area contributed by atoms with Gasteiger partial charge < -0.3 is 9.57 Å². The predicted molar refractivity (Wildman–Crippen MR) is 105 cm³/mol. The van der Waals surface area contributed by atoms with E-state index in [9.17, 15) is 0 Å². The van der Waals surface area contributed by atoms with Crippen molar-refractivity contribution in [2.45, 2.75) is 34.1 Å². The summed E-state index contributed by atoms with van der Waals surface area (Å²) in [6.07, 6.45) is 4.92. The molecule has 0 aromatic heterocycles.